The number of para-hydroxylation sites is 1. The molecule has 0 spiro atoms. The summed E-state index contributed by atoms with van der Waals surface area (Å²) in [5.74, 6) is 0. The Morgan fingerprint density at radius 1 is 1.24 bits per heavy atom. The van der Waals surface area contributed by atoms with Crippen LogP contribution in [-0.4, -0.2) is 8.42 Å². The van der Waals surface area contributed by atoms with E-state index in [1.807, 2.05) is 13.0 Å². The zero-order chi connectivity index (χ0) is 15.5. The predicted molar refractivity (Wildman–Crippen MR) is 82.2 cm³/mol. The van der Waals surface area contributed by atoms with E-state index in [4.69, 9.17) is 11.0 Å². The molecular formula is C15H15N3O2S. The van der Waals surface area contributed by atoms with Crippen LogP contribution in [-0.2, 0) is 16.4 Å². The summed E-state index contributed by atoms with van der Waals surface area (Å²) < 4.78 is 27.5. The molecule has 0 saturated heterocycles. The molecule has 0 bridgehead atoms. The van der Waals surface area contributed by atoms with Crippen molar-refractivity contribution in [2.24, 2.45) is 0 Å². The van der Waals surface area contributed by atoms with Gasteiger partial charge in [0.2, 0.25) is 0 Å². The highest BCUT2D eigenvalue weighted by Crippen LogP contribution is 2.24. The normalized spacial score (nSPS) is 10.9. The van der Waals surface area contributed by atoms with Gasteiger partial charge < -0.3 is 5.73 Å². The van der Waals surface area contributed by atoms with Crippen LogP contribution in [0.5, 0.6) is 0 Å². The van der Waals surface area contributed by atoms with Gasteiger partial charge in [-0.1, -0.05) is 25.1 Å². The second-order valence-electron chi connectivity index (χ2n) is 4.48. The first kappa shape index (κ1) is 14.9. The van der Waals surface area contributed by atoms with Gasteiger partial charge in [-0.15, -0.1) is 0 Å². The molecule has 6 heteroatoms. The minimum absolute atomic E-state index is 0.137. The molecule has 2 rings (SSSR count). The summed E-state index contributed by atoms with van der Waals surface area (Å²) in [7, 11) is -3.79. The van der Waals surface area contributed by atoms with Gasteiger partial charge in [-0.3, -0.25) is 4.72 Å². The van der Waals surface area contributed by atoms with Crippen LogP contribution in [0.1, 0.15) is 18.1 Å². The van der Waals surface area contributed by atoms with Gasteiger partial charge in [-0.2, -0.15) is 5.26 Å². The third-order valence-electron chi connectivity index (χ3n) is 3.05. The highest BCUT2D eigenvalue weighted by atomic mass is 32.2. The van der Waals surface area contributed by atoms with E-state index < -0.39 is 10.0 Å². The van der Waals surface area contributed by atoms with Gasteiger partial charge in [0.05, 0.1) is 16.1 Å². The van der Waals surface area contributed by atoms with Crippen molar-refractivity contribution in [1.82, 2.24) is 0 Å². The molecule has 0 heterocycles. The Bertz CT molecular complexity index is 808. The van der Waals surface area contributed by atoms with Crippen LogP contribution >= 0.6 is 0 Å². The maximum Gasteiger partial charge on any atom is 0.262 e. The second kappa shape index (κ2) is 5.85. The van der Waals surface area contributed by atoms with E-state index in [9.17, 15) is 8.42 Å². The van der Waals surface area contributed by atoms with Gasteiger partial charge in [-0.25, -0.2) is 8.42 Å². The number of hydrogen-bond donors (Lipinski definition) is 2. The smallest absolute Gasteiger partial charge is 0.262 e. The van der Waals surface area contributed by atoms with Crippen molar-refractivity contribution in [2.45, 2.75) is 18.2 Å². The quantitative estimate of drug-likeness (QED) is 0.848. The lowest BCUT2D eigenvalue weighted by molar-refractivity contribution is 0.600. The maximum atomic E-state index is 12.5. The van der Waals surface area contributed by atoms with Crippen molar-refractivity contribution < 1.29 is 8.42 Å². The largest absolute Gasteiger partial charge is 0.399 e. The van der Waals surface area contributed by atoms with Crippen LogP contribution < -0.4 is 10.5 Å². The first-order valence-corrected chi connectivity index (χ1v) is 7.86. The Morgan fingerprint density at radius 3 is 2.62 bits per heavy atom. The van der Waals surface area contributed by atoms with Crippen molar-refractivity contribution >= 4 is 21.4 Å². The SMILES string of the molecule is CCc1ccc(N)cc1S(=O)(=O)Nc1ccccc1C#N. The highest BCUT2D eigenvalue weighted by molar-refractivity contribution is 7.92. The number of nitrogens with zero attached hydrogens (tertiary/aromatic N) is 1. The third-order valence-corrected chi connectivity index (χ3v) is 4.50. The number of aryl methyl sites for hydroxylation is 1. The summed E-state index contributed by atoms with van der Waals surface area (Å²) in [6.07, 6.45) is 0.566. The van der Waals surface area contributed by atoms with Crippen molar-refractivity contribution in [3.05, 3.63) is 53.6 Å². The van der Waals surface area contributed by atoms with Crippen LogP contribution in [0.15, 0.2) is 47.4 Å². The van der Waals surface area contributed by atoms with Crippen LogP contribution in [0.2, 0.25) is 0 Å². The molecule has 0 aliphatic rings. The molecule has 108 valence electrons. The molecule has 2 aromatic carbocycles. The molecule has 0 saturated carbocycles. The van der Waals surface area contributed by atoms with E-state index >= 15 is 0 Å². The lowest BCUT2D eigenvalue weighted by Gasteiger charge is -2.13. The van der Waals surface area contributed by atoms with E-state index in [0.717, 1.165) is 0 Å². The van der Waals surface area contributed by atoms with Crippen molar-refractivity contribution in [1.29, 1.82) is 5.26 Å². The summed E-state index contributed by atoms with van der Waals surface area (Å²) in [5, 5.41) is 9.03. The van der Waals surface area contributed by atoms with Crippen molar-refractivity contribution in [2.75, 3.05) is 10.5 Å². The fourth-order valence-electron chi connectivity index (χ4n) is 1.98. The number of nitrogens with two attached hydrogens (primary N) is 1. The standard InChI is InChI=1S/C15H15N3O2S/c1-2-11-7-8-13(17)9-15(11)21(19,20)18-14-6-4-3-5-12(14)10-16/h3-9,18H,2,17H2,1H3. The fraction of sp³-hybridized carbons (Fsp3) is 0.133. The first-order valence-electron chi connectivity index (χ1n) is 6.38. The van der Waals surface area contributed by atoms with Crippen molar-refractivity contribution in [3.8, 4) is 6.07 Å². The zero-order valence-corrected chi connectivity index (χ0v) is 12.3. The average molecular weight is 301 g/mol. The van der Waals surface area contributed by atoms with Crippen molar-refractivity contribution in [3.63, 3.8) is 0 Å². The van der Waals surface area contributed by atoms with Crippen LogP contribution in [0.3, 0.4) is 0 Å². The zero-order valence-electron chi connectivity index (χ0n) is 11.5. The Balaban J connectivity index is 2.49. The molecule has 0 radical (unpaired) electrons. The molecule has 5 nitrogen and oxygen atoms in total. The molecule has 0 aliphatic heterocycles. The summed E-state index contributed by atoms with van der Waals surface area (Å²) in [5.41, 5.74) is 7.25. The van der Waals surface area contributed by atoms with Gasteiger partial charge in [0.15, 0.2) is 0 Å². The van der Waals surface area contributed by atoms with Gasteiger partial charge in [0.1, 0.15) is 6.07 Å². The molecule has 2 aromatic rings. The third kappa shape index (κ3) is 3.15. The molecule has 0 amide bonds. The molecule has 0 aromatic heterocycles. The van der Waals surface area contributed by atoms with Gasteiger partial charge in [0.25, 0.3) is 10.0 Å². The molecular weight excluding hydrogens is 286 g/mol. The van der Waals surface area contributed by atoms with E-state index in [2.05, 4.69) is 4.72 Å². The number of nitriles is 1. The number of nitrogen functional groups attached to an aromatic ring is 1. The minimum atomic E-state index is -3.79. The predicted octanol–water partition coefficient (Wildman–Crippen LogP) is 2.50. The maximum absolute atomic E-state index is 12.5. The fourth-order valence-corrected chi connectivity index (χ4v) is 3.41. The molecule has 0 fully saturated rings. The lowest BCUT2D eigenvalue weighted by Crippen LogP contribution is -2.16. The summed E-state index contributed by atoms with van der Waals surface area (Å²) in [4.78, 5) is 0.137. The number of benzene rings is 2. The average Bonchev–Trinajstić information content (AvgIpc) is 2.47. The molecule has 21 heavy (non-hydrogen) atoms. The summed E-state index contributed by atoms with van der Waals surface area (Å²) in [6.45, 7) is 1.87. The number of sulfonamides is 1. The Morgan fingerprint density at radius 2 is 1.95 bits per heavy atom. The number of anilines is 2. The summed E-state index contributed by atoms with van der Waals surface area (Å²) in [6, 6.07) is 13.2. The lowest BCUT2D eigenvalue weighted by atomic mass is 10.1. The van der Waals surface area contributed by atoms with E-state index in [-0.39, 0.29) is 16.1 Å². The highest BCUT2D eigenvalue weighted by Gasteiger charge is 2.19. The van der Waals surface area contributed by atoms with Crippen LogP contribution in [0, 0.1) is 11.3 Å². The van der Waals surface area contributed by atoms with E-state index in [0.29, 0.717) is 17.7 Å². The van der Waals surface area contributed by atoms with Crippen LogP contribution in [0.4, 0.5) is 11.4 Å². The van der Waals surface area contributed by atoms with Gasteiger partial charge >= 0.3 is 0 Å². The number of rotatable bonds is 4. The molecule has 0 atom stereocenters. The van der Waals surface area contributed by atoms with E-state index in [1.165, 1.54) is 6.07 Å². The Labute approximate surface area is 124 Å². The first-order chi connectivity index (χ1) is 9.97. The van der Waals surface area contributed by atoms with E-state index in [1.54, 1.807) is 36.4 Å². The second-order valence-corrected chi connectivity index (χ2v) is 6.13. The monoisotopic (exact) mass is 301 g/mol. The van der Waals surface area contributed by atoms with Crippen LogP contribution in [0.25, 0.3) is 0 Å². The topological polar surface area (TPSA) is 96.0 Å². The Hall–Kier alpha value is -2.52. The Kier molecular flexibility index (Phi) is 4.15. The number of nitrogens with one attached hydrogen (secondary N) is 1. The number of hydrogen-bond acceptors (Lipinski definition) is 4. The van der Waals surface area contributed by atoms with Gasteiger partial charge in [-0.05, 0) is 36.2 Å². The molecule has 3 N–H and O–H groups in total. The summed E-state index contributed by atoms with van der Waals surface area (Å²) >= 11 is 0. The molecule has 0 unspecified atom stereocenters. The minimum Gasteiger partial charge on any atom is -0.399 e. The van der Waals surface area contributed by atoms with Gasteiger partial charge in [0, 0.05) is 5.69 Å². The molecule has 0 aliphatic carbocycles.